The lowest BCUT2D eigenvalue weighted by molar-refractivity contribution is 0.301. The molecule has 3 aromatic rings. The third-order valence-electron chi connectivity index (χ3n) is 5.40. The van der Waals surface area contributed by atoms with Crippen molar-refractivity contribution in [1.29, 1.82) is 0 Å². The lowest BCUT2D eigenvalue weighted by Gasteiger charge is -2.19. The second-order valence-corrected chi connectivity index (χ2v) is 8.83. The first-order chi connectivity index (χ1) is 15.7. The van der Waals surface area contributed by atoms with Crippen LogP contribution in [0.4, 0.5) is 5.69 Å². The summed E-state index contributed by atoms with van der Waals surface area (Å²) in [5, 5.41) is 9.94. The molecule has 33 heavy (non-hydrogen) atoms. The quantitative estimate of drug-likeness (QED) is 0.150. The highest BCUT2D eigenvalue weighted by Crippen LogP contribution is 2.34. The van der Waals surface area contributed by atoms with Crippen molar-refractivity contribution in [1.82, 2.24) is 15.2 Å². The van der Waals surface area contributed by atoms with Crippen molar-refractivity contribution < 1.29 is 4.74 Å². The van der Waals surface area contributed by atoms with Gasteiger partial charge >= 0.3 is 0 Å². The number of rotatable bonds is 14. The average molecular weight is 534 g/mol. The van der Waals surface area contributed by atoms with Crippen molar-refractivity contribution in [3.63, 3.8) is 0 Å². The predicted molar refractivity (Wildman–Crippen MR) is 147 cm³/mol. The summed E-state index contributed by atoms with van der Waals surface area (Å²) in [7, 11) is 1.68. The molecule has 2 N–H and O–H groups in total. The molecule has 0 saturated heterocycles. The van der Waals surface area contributed by atoms with Gasteiger partial charge in [0, 0.05) is 47.2 Å². The molecule has 0 aliphatic carbocycles. The number of anilines is 1. The highest BCUT2D eigenvalue weighted by Gasteiger charge is 2.11. The summed E-state index contributed by atoms with van der Waals surface area (Å²) in [6, 6.07) is 11.8. The second-order valence-electron chi connectivity index (χ2n) is 7.63. The van der Waals surface area contributed by atoms with Gasteiger partial charge < -0.3 is 20.3 Å². The van der Waals surface area contributed by atoms with Gasteiger partial charge in [0.25, 0.3) is 0 Å². The number of hydrogen-bond donors (Lipinski definition) is 2. The number of nitrogens with one attached hydrogen (secondary N) is 2. The molecule has 0 spiro atoms. The lowest BCUT2D eigenvalue weighted by Crippen LogP contribution is -2.31. The van der Waals surface area contributed by atoms with Gasteiger partial charge in [0.1, 0.15) is 5.75 Å². The molecule has 5 nitrogen and oxygen atoms in total. The number of benzene rings is 2. The zero-order chi connectivity index (χ0) is 22.8. The fourth-order valence-corrected chi connectivity index (χ4v) is 4.41. The molecule has 0 bridgehead atoms. The standard InChI is InChI=1S/C24H31Cl3N4O.ClH/c1-32-19-5-7-22-21(17-19)24(20-6-4-18(27)16-23(20)30-22)29-12-2-10-28-11-3-13-31(14-8-25)15-9-26;/h4-7,16-17,28H,2-3,8-15H2,1H3,(H,29,30);1H. The van der Waals surface area contributed by atoms with Crippen molar-refractivity contribution in [2.24, 2.45) is 0 Å². The van der Waals surface area contributed by atoms with Gasteiger partial charge in [0.05, 0.1) is 23.8 Å². The summed E-state index contributed by atoms with van der Waals surface area (Å²) >= 11 is 17.9. The van der Waals surface area contributed by atoms with Gasteiger partial charge in [-0.2, -0.15) is 0 Å². The maximum absolute atomic E-state index is 6.21. The number of ether oxygens (including phenoxy) is 1. The van der Waals surface area contributed by atoms with Gasteiger partial charge in [-0.3, -0.25) is 0 Å². The molecule has 2 aromatic carbocycles. The minimum absolute atomic E-state index is 0. The number of methoxy groups -OCH3 is 1. The molecule has 0 fully saturated rings. The van der Waals surface area contributed by atoms with E-state index in [1.54, 1.807) is 7.11 Å². The van der Waals surface area contributed by atoms with Crippen LogP contribution in [0.15, 0.2) is 36.4 Å². The van der Waals surface area contributed by atoms with Crippen molar-refractivity contribution in [3.05, 3.63) is 41.4 Å². The van der Waals surface area contributed by atoms with Gasteiger partial charge in [-0.15, -0.1) is 35.6 Å². The molecule has 0 saturated carbocycles. The van der Waals surface area contributed by atoms with E-state index in [2.05, 4.69) is 15.5 Å². The topological polar surface area (TPSA) is 49.4 Å². The van der Waals surface area contributed by atoms with Gasteiger partial charge in [-0.25, -0.2) is 4.98 Å². The van der Waals surface area contributed by atoms with Crippen LogP contribution in [0.25, 0.3) is 21.8 Å². The fraction of sp³-hybridized carbons (Fsp3) is 0.458. The summed E-state index contributed by atoms with van der Waals surface area (Å²) in [6.45, 7) is 5.59. The molecule has 9 heteroatoms. The number of pyridine rings is 1. The Morgan fingerprint density at radius 2 is 1.64 bits per heavy atom. The Hall–Kier alpha value is -1.21. The van der Waals surface area contributed by atoms with Crippen LogP contribution in [0.1, 0.15) is 12.8 Å². The molecule has 1 heterocycles. The van der Waals surface area contributed by atoms with Crippen molar-refractivity contribution in [2.75, 3.05) is 63.5 Å². The molecular weight excluding hydrogens is 502 g/mol. The Labute approximate surface area is 217 Å². The van der Waals surface area contributed by atoms with E-state index in [4.69, 9.17) is 44.5 Å². The Morgan fingerprint density at radius 3 is 2.36 bits per heavy atom. The molecule has 0 radical (unpaired) electrons. The first kappa shape index (κ1) is 28.0. The van der Waals surface area contributed by atoms with Gasteiger partial charge in [0.2, 0.25) is 0 Å². The maximum Gasteiger partial charge on any atom is 0.119 e. The molecule has 182 valence electrons. The summed E-state index contributed by atoms with van der Waals surface area (Å²) < 4.78 is 5.43. The SMILES string of the molecule is COc1ccc2nc3cc(Cl)ccc3c(NCCCNCCCN(CCCl)CCCl)c2c1.Cl. The van der Waals surface area contributed by atoms with Crippen molar-refractivity contribution in [2.45, 2.75) is 12.8 Å². The van der Waals surface area contributed by atoms with Crippen LogP contribution in [0.3, 0.4) is 0 Å². The normalized spacial score (nSPS) is 11.2. The second kappa shape index (κ2) is 14.9. The molecule has 0 aliphatic heterocycles. The van der Waals surface area contributed by atoms with E-state index in [0.29, 0.717) is 16.8 Å². The van der Waals surface area contributed by atoms with Gasteiger partial charge in [0.15, 0.2) is 0 Å². The number of aromatic nitrogens is 1. The zero-order valence-corrected chi connectivity index (χ0v) is 22.0. The smallest absolute Gasteiger partial charge is 0.119 e. The van der Waals surface area contributed by atoms with E-state index < -0.39 is 0 Å². The Kier molecular flexibility index (Phi) is 12.7. The van der Waals surface area contributed by atoms with E-state index in [0.717, 1.165) is 85.4 Å². The molecule has 1 aromatic heterocycles. The number of hydrogen-bond acceptors (Lipinski definition) is 5. The van der Waals surface area contributed by atoms with Crippen molar-refractivity contribution >= 4 is 74.7 Å². The van der Waals surface area contributed by atoms with Crippen LogP contribution >= 0.6 is 47.2 Å². The first-order valence-electron chi connectivity index (χ1n) is 11.0. The summed E-state index contributed by atoms with van der Waals surface area (Å²) in [5.41, 5.74) is 2.87. The Balaban J connectivity index is 0.00000385. The van der Waals surface area contributed by atoms with E-state index in [1.165, 1.54) is 0 Å². The minimum Gasteiger partial charge on any atom is -0.497 e. The third kappa shape index (κ3) is 8.20. The number of fused-ring (bicyclic) bond motifs is 2. The summed E-state index contributed by atoms with van der Waals surface area (Å²) in [6.07, 6.45) is 2.09. The number of alkyl halides is 2. The third-order valence-corrected chi connectivity index (χ3v) is 5.98. The molecule has 0 aliphatic rings. The van der Waals surface area contributed by atoms with Gasteiger partial charge in [-0.05, 0) is 68.9 Å². The lowest BCUT2D eigenvalue weighted by atomic mass is 10.1. The molecule has 0 atom stereocenters. The number of halogens is 4. The Morgan fingerprint density at radius 1 is 0.879 bits per heavy atom. The monoisotopic (exact) mass is 532 g/mol. The Bertz CT molecular complexity index is 999. The first-order valence-corrected chi connectivity index (χ1v) is 12.5. The largest absolute Gasteiger partial charge is 0.497 e. The maximum atomic E-state index is 6.21. The molecule has 0 amide bonds. The van der Waals surface area contributed by atoms with Crippen LogP contribution in [0, 0.1) is 0 Å². The van der Waals surface area contributed by atoms with E-state index in [1.807, 2.05) is 36.4 Å². The highest BCUT2D eigenvalue weighted by atomic mass is 35.5. The zero-order valence-electron chi connectivity index (χ0n) is 18.9. The van der Waals surface area contributed by atoms with Crippen LogP contribution in [-0.4, -0.2) is 68.0 Å². The molecule has 0 unspecified atom stereocenters. The van der Waals surface area contributed by atoms with E-state index in [-0.39, 0.29) is 12.4 Å². The molecular formula is C24H32Cl4N4O. The van der Waals surface area contributed by atoms with E-state index >= 15 is 0 Å². The fourth-order valence-electron chi connectivity index (χ4n) is 3.77. The highest BCUT2D eigenvalue weighted by molar-refractivity contribution is 6.31. The average Bonchev–Trinajstić information content (AvgIpc) is 2.79. The van der Waals surface area contributed by atoms with Crippen molar-refractivity contribution in [3.8, 4) is 5.75 Å². The van der Waals surface area contributed by atoms with Crippen LogP contribution in [-0.2, 0) is 0 Å². The predicted octanol–water partition coefficient (Wildman–Crippen LogP) is 6.03. The van der Waals surface area contributed by atoms with E-state index in [9.17, 15) is 0 Å². The summed E-state index contributed by atoms with van der Waals surface area (Å²) in [5.74, 6) is 2.11. The van der Waals surface area contributed by atoms with Crippen LogP contribution in [0.2, 0.25) is 5.02 Å². The van der Waals surface area contributed by atoms with Crippen LogP contribution in [0.5, 0.6) is 5.75 Å². The number of nitrogens with zero attached hydrogens (tertiary/aromatic N) is 2. The van der Waals surface area contributed by atoms with Crippen LogP contribution < -0.4 is 15.4 Å². The molecule has 3 rings (SSSR count). The minimum atomic E-state index is 0. The summed E-state index contributed by atoms with van der Waals surface area (Å²) in [4.78, 5) is 7.09. The van der Waals surface area contributed by atoms with Gasteiger partial charge in [-0.1, -0.05) is 11.6 Å².